The van der Waals surface area contributed by atoms with Crippen molar-refractivity contribution in [2.45, 2.75) is 25.8 Å². The normalized spacial score (nSPS) is 13.5. The fraction of sp³-hybridized carbons (Fsp3) is 0.333. The summed E-state index contributed by atoms with van der Waals surface area (Å²) < 4.78 is 12.0. The Morgan fingerprint density at radius 1 is 1.17 bits per heavy atom. The second-order valence-corrected chi connectivity index (χ2v) is 8.03. The van der Waals surface area contributed by atoms with Crippen molar-refractivity contribution in [2.24, 2.45) is 0 Å². The number of carbonyl (C=O) groups excluding carboxylic acids is 2. The van der Waals surface area contributed by atoms with Crippen LogP contribution in [0.25, 0.3) is 0 Å². The van der Waals surface area contributed by atoms with Crippen LogP contribution in [0.4, 0.5) is 0 Å². The van der Waals surface area contributed by atoms with E-state index in [-0.39, 0.29) is 24.3 Å². The molecule has 29 heavy (non-hydrogen) atoms. The van der Waals surface area contributed by atoms with Gasteiger partial charge in [-0.25, -0.2) is 0 Å². The van der Waals surface area contributed by atoms with Crippen LogP contribution >= 0.6 is 27.5 Å². The van der Waals surface area contributed by atoms with E-state index < -0.39 is 0 Å². The van der Waals surface area contributed by atoms with E-state index in [9.17, 15) is 9.59 Å². The Morgan fingerprint density at radius 3 is 2.62 bits per heavy atom. The minimum absolute atomic E-state index is 0.143. The summed E-state index contributed by atoms with van der Waals surface area (Å²) in [6.07, 6.45) is 0.758. The minimum atomic E-state index is -0.385. The molecule has 1 unspecified atom stereocenters. The van der Waals surface area contributed by atoms with Gasteiger partial charge in [-0.3, -0.25) is 9.59 Å². The third-order valence-corrected chi connectivity index (χ3v) is 5.24. The number of carbonyl (C=O) groups is 2. The summed E-state index contributed by atoms with van der Waals surface area (Å²) in [7, 11) is 0. The predicted molar refractivity (Wildman–Crippen MR) is 114 cm³/mol. The van der Waals surface area contributed by atoms with E-state index in [0.717, 1.165) is 15.6 Å². The van der Waals surface area contributed by atoms with E-state index in [1.165, 1.54) is 6.92 Å². The Balaban J connectivity index is 1.56. The molecule has 154 valence electrons. The summed E-state index contributed by atoms with van der Waals surface area (Å²) >= 11 is 9.64. The molecule has 1 aliphatic rings. The highest BCUT2D eigenvalue weighted by Gasteiger charge is 2.18. The summed E-state index contributed by atoms with van der Waals surface area (Å²) in [6, 6.07) is 10.9. The molecule has 0 bridgehead atoms. The number of benzene rings is 2. The summed E-state index contributed by atoms with van der Waals surface area (Å²) in [5.74, 6) is 0.872. The molecule has 0 saturated carbocycles. The van der Waals surface area contributed by atoms with E-state index in [0.29, 0.717) is 42.7 Å². The molecule has 6 nitrogen and oxygen atoms in total. The predicted octanol–water partition coefficient (Wildman–Crippen LogP) is 3.80. The number of hydrogen-bond donors (Lipinski definition) is 2. The maximum atomic E-state index is 12.4. The van der Waals surface area contributed by atoms with Crippen molar-refractivity contribution in [3.05, 3.63) is 57.0 Å². The molecule has 1 atom stereocenters. The fourth-order valence-corrected chi connectivity index (χ4v) is 3.66. The van der Waals surface area contributed by atoms with Gasteiger partial charge in [0.05, 0.1) is 17.5 Å². The molecule has 2 aromatic rings. The van der Waals surface area contributed by atoms with Crippen LogP contribution < -0.4 is 20.1 Å². The van der Waals surface area contributed by atoms with Crippen LogP contribution in [-0.4, -0.2) is 31.6 Å². The molecule has 2 N–H and O–H groups in total. The van der Waals surface area contributed by atoms with Crippen LogP contribution in [0.1, 0.15) is 30.5 Å². The van der Waals surface area contributed by atoms with Crippen molar-refractivity contribution in [1.29, 1.82) is 0 Å². The monoisotopic (exact) mass is 480 g/mol. The molecule has 3 rings (SSSR count). The number of amides is 2. The zero-order chi connectivity index (χ0) is 20.8. The van der Waals surface area contributed by atoms with Crippen molar-refractivity contribution in [2.75, 3.05) is 19.8 Å². The number of rotatable bonds is 7. The van der Waals surface area contributed by atoms with E-state index in [2.05, 4.69) is 26.6 Å². The second-order valence-electron chi connectivity index (χ2n) is 6.71. The summed E-state index contributed by atoms with van der Waals surface area (Å²) in [5, 5.41) is 6.24. The fourth-order valence-electron chi connectivity index (χ4n) is 3.11. The molecule has 0 aliphatic carbocycles. The molecule has 1 heterocycles. The molecule has 2 aromatic carbocycles. The van der Waals surface area contributed by atoms with Crippen LogP contribution in [-0.2, 0) is 16.0 Å². The molecule has 0 saturated heterocycles. The molecule has 2 amide bonds. The van der Waals surface area contributed by atoms with Crippen molar-refractivity contribution < 1.29 is 19.1 Å². The standard InChI is InChI=1S/C21H22BrClN2O4/c1-13(26)25-18(15-2-4-16(22)5-3-15)12-20(27)24-7-6-14-10-17(23)21-19(11-14)28-8-9-29-21/h2-5,10-11,18H,6-9,12H2,1H3,(H,24,27)(H,25,26). The van der Waals surface area contributed by atoms with E-state index in [1.54, 1.807) is 0 Å². The quantitative estimate of drug-likeness (QED) is 0.631. The molecular formula is C21H22BrClN2O4. The van der Waals surface area contributed by atoms with E-state index >= 15 is 0 Å². The van der Waals surface area contributed by atoms with Gasteiger partial charge in [-0.05, 0) is 41.8 Å². The van der Waals surface area contributed by atoms with E-state index in [4.69, 9.17) is 21.1 Å². The van der Waals surface area contributed by atoms with Gasteiger partial charge in [0.1, 0.15) is 13.2 Å². The largest absolute Gasteiger partial charge is 0.486 e. The molecular weight excluding hydrogens is 460 g/mol. The first kappa shape index (κ1) is 21.5. The highest BCUT2D eigenvalue weighted by atomic mass is 79.9. The van der Waals surface area contributed by atoms with Crippen molar-refractivity contribution in [3.63, 3.8) is 0 Å². The molecule has 0 spiro atoms. The van der Waals surface area contributed by atoms with Gasteiger partial charge < -0.3 is 20.1 Å². The molecule has 1 aliphatic heterocycles. The van der Waals surface area contributed by atoms with Crippen LogP contribution in [0.15, 0.2) is 40.9 Å². The molecule has 0 aromatic heterocycles. The van der Waals surface area contributed by atoms with Crippen LogP contribution in [0.2, 0.25) is 5.02 Å². The summed E-state index contributed by atoms with van der Waals surface area (Å²) in [6.45, 7) is 2.86. The first-order valence-electron chi connectivity index (χ1n) is 9.29. The van der Waals surface area contributed by atoms with Gasteiger partial charge in [-0.1, -0.05) is 39.7 Å². The molecule has 8 heteroatoms. The lowest BCUT2D eigenvalue weighted by Crippen LogP contribution is -2.33. The van der Waals surface area contributed by atoms with Gasteiger partial charge in [-0.15, -0.1) is 0 Å². The number of ether oxygens (including phenoxy) is 2. The maximum Gasteiger partial charge on any atom is 0.222 e. The zero-order valence-corrected chi connectivity index (χ0v) is 18.3. The number of halogens is 2. The van der Waals surface area contributed by atoms with E-state index in [1.807, 2.05) is 36.4 Å². The average molecular weight is 482 g/mol. The first-order valence-corrected chi connectivity index (χ1v) is 10.5. The molecule has 0 fully saturated rings. The topological polar surface area (TPSA) is 76.7 Å². The van der Waals surface area contributed by atoms with Gasteiger partial charge in [0, 0.05) is 17.9 Å². The van der Waals surface area contributed by atoms with Crippen LogP contribution in [0, 0.1) is 0 Å². The lowest BCUT2D eigenvalue weighted by Gasteiger charge is -2.20. The lowest BCUT2D eigenvalue weighted by molar-refractivity contribution is -0.122. The van der Waals surface area contributed by atoms with Crippen molar-refractivity contribution in [1.82, 2.24) is 10.6 Å². The number of nitrogens with one attached hydrogen (secondary N) is 2. The summed E-state index contributed by atoms with van der Waals surface area (Å²) in [4.78, 5) is 24.0. The maximum absolute atomic E-state index is 12.4. The number of fused-ring (bicyclic) bond motifs is 1. The number of hydrogen-bond acceptors (Lipinski definition) is 4. The Kier molecular flexibility index (Phi) is 7.39. The average Bonchev–Trinajstić information content (AvgIpc) is 2.68. The minimum Gasteiger partial charge on any atom is -0.486 e. The van der Waals surface area contributed by atoms with Gasteiger partial charge >= 0.3 is 0 Å². The smallest absolute Gasteiger partial charge is 0.222 e. The van der Waals surface area contributed by atoms with Gasteiger partial charge in [0.15, 0.2) is 11.5 Å². The third kappa shape index (κ3) is 6.11. The van der Waals surface area contributed by atoms with Crippen LogP contribution in [0.3, 0.4) is 0 Å². The van der Waals surface area contributed by atoms with Gasteiger partial charge in [0.2, 0.25) is 11.8 Å². The first-order chi connectivity index (χ1) is 13.9. The summed E-state index contributed by atoms with van der Waals surface area (Å²) in [5.41, 5.74) is 1.82. The van der Waals surface area contributed by atoms with Gasteiger partial charge in [-0.2, -0.15) is 0 Å². The van der Waals surface area contributed by atoms with Crippen molar-refractivity contribution >= 4 is 39.3 Å². The highest BCUT2D eigenvalue weighted by Crippen LogP contribution is 2.38. The van der Waals surface area contributed by atoms with Gasteiger partial charge in [0.25, 0.3) is 0 Å². The third-order valence-electron chi connectivity index (χ3n) is 4.43. The Labute approximate surface area is 183 Å². The van der Waals surface area contributed by atoms with Crippen LogP contribution in [0.5, 0.6) is 11.5 Å². The Bertz CT molecular complexity index is 889. The second kappa shape index (κ2) is 9.98. The Hall–Kier alpha value is -2.25. The Morgan fingerprint density at radius 2 is 1.90 bits per heavy atom. The SMILES string of the molecule is CC(=O)NC(CC(=O)NCCc1cc(Cl)c2c(c1)OCCO2)c1ccc(Br)cc1. The molecule has 0 radical (unpaired) electrons. The zero-order valence-electron chi connectivity index (χ0n) is 16.0. The highest BCUT2D eigenvalue weighted by molar-refractivity contribution is 9.10. The van der Waals surface area contributed by atoms with Crippen molar-refractivity contribution in [3.8, 4) is 11.5 Å². The lowest BCUT2D eigenvalue weighted by atomic mass is 10.0.